The van der Waals surface area contributed by atoms with E-state index in [1.54, 1.807) is 29.2 Å². The van der Waals surface area contributed by atoms with Crippen LogP contribution in [-0.4, -0.2) is 39.5 Å². The number of amides is 2. The van der Waals surface area contributed by atoms with Crippen molar-refractivity contribution >= 4 is 28.4 Å². The minimum absolute atomic E-state index is 0.0146. The Bertz CT molecular complexity index is 1150. The third-order valence-corrected chi connectivity index (χ3v) is 5.57. The van der Waals surface area contributed by atoms with Crippen LogP contribution in [0.5, 0.6) is 5.88 Å². The summed E-state index contributed by atoms with van der Waals surface area (Å²) in [7, 11) is 0. The molecule has 3 aromatic rings. The molecule has 0 unspecified atom stereocenters. The molecule has 0 spiro atoms. The maximum Gasteiger partial charge on any atom is 0.295 e. The van der Waals surface area contributed by atoms with Gasteiger partial charge in [0.1, 0.15) is 6.54 Å². The first kappa shape index (κ1) is 23.2. The van der Waals surface area contributed by atoms with Crippen LogP contribution < -0.4 is 0 Å². The Morgan fingerprint density at radius 3 is 2.22 bits per heavy atom. The number of benzene rings is 2. The predicted molar refractivity (Wildman–Crippen MR) is 126 cm³/mol. The number of aromatic nitrogens is 1. The van der Waals surface area contributed by atoms with Gasteiger partial charge < -0.3 is 14.6 Å². The summed E-state index contributed by atoms with van der Waals surface area (Å²) in [5, 5.41) is 19.4. The van der Waals surface area contributed by atoms with E-state index in [9.17, 15) is 14.7 Å². The molecule has 0 aliphatic carbocycles. The number of fused-ring (bicyclic) bond motifs is 1. The molecule has 168 valence electrons. The van der Waals surface area contributed by atoms with E-state index >= 15 is 0 Å². The zero-order valence-corrected chi connectivity index (χ0v) is 19.3. The average Bonchev–Trinajstić information content (AvgIpc) is 3.03. The van der Waals surface area contributed by atoms with Crippen LogP contribution in [0.3, 0.4) is 0 Å². The largest absolute Gasteiger partial charge is 0.493 e. The monoisotopic (exact) mass is 434 g/mol. The summed E-state index contributed by atoms with van der Waals surface area (Å²) in [5.74, 6) is -0.795. The summed E-state index contributed by atoms with van der Waals surface area (Å²) in [6.07, 6.45) is 0. The van der Waals surface area contributed by atoms with Crippen molar-refractivity contribution in [2.24, 2.45) is 10.2 Å². The number of aromatic hydroxyl groups is 1. The lowest BCUT2D eigenvalue weighted by Gasteiger charge is -2.19. The third-order valence-electron chi connectivity index (χ3n) is 5.57. The number of para-hydroxylation sites is 1. The van der Waals surface area contributed by atoms with Gasteiger partial charge in [0.15, 0.2) is 5.69 Å². The zero-order chi connectivity index (χ0) is 23.5. The van der Waals surface area contributed by atoms with Gasteiger partial charge in [-0.25, -0.2) is 0 Å². The molecule has 0 atom stereocenters. The van der Waals surface area contributed by atoms with Crippen molar-refractivity contribution in [3.05, 3.63) is 59.7 Å². The molecule has 1 aromatic heterocycles. The molecule has 1 N–H and O–H groups in total. The van der Waals surface area contributed by atoms with Crippen LogP contribution in [0.2, 0.25) is 0 Å². The predicted octanol–water partition coefficient (Wildman–Crippen LogP) is 5.44. The fraction of sp³-hybridized carbons (Fsp3) is 0.360. The number of likely N-dealkylation sites (N-methyl/N-ethyl adjacent to an activating group) is 1. The summed E-state index contributed by atoms with van der Waals surface area (Å²) in [6.45, 7) is 11.3. The van der Waals surface area contributed by atoms with Crippen LogP contribution in [-0.2, 0) is 16.8 Å². The van der Waals surface area contributed by atoms with Crippen LogP contribution in [0, 0.1) is 0 Å². The van der Waals surface area contributed by atoms with Crippen LogP contribution in [0.25, 0.3) is 10.9 Å². The fourth-order valence-corrected chi connectivity index (χ4v) is 3.61. The smallest absolute Gasteiger partial charge is 0.295 e. The number of nitrogens with zero attached hydrogens (tertiary/aromatic N) is 4. The molecule has 2 amide bonds. The lowest BCUT2D eigenvalue weighted by atomic mass is 9.87. The highest BCUT2D eigenvalue weighted by Crippen LogP contribution is 2.39. The Kier molecular flexibility index (Phi) is 6.77. The molecule has 0 fully saturated rings. The van der Waals surface area contributed by atoms with Gasteiger partial charge in [-0.1, -0.05) is 51.1 Å². The molecule has 32 heavy (non-hydrogen) atoms. The molecule has 0 bridgehead atoms. The highest BCUT2D eigenvalue weighted by molar-refractivity contribution is 5.98. The quantitative estimate of drug-likeness (QED) is 0.524. The van der Waals surface area contributed by atoms with E-state index in [1.807, 2.05) is 38.1 Å². The number of carbonyl (C=O) groups is 2. The Balaban J connectivity index is 1.92. The Labute approximate surface area is 188 Å². The van der Waals surface area contributed by atoms with E-state index < -0.39 is 5.91 Å². The number of azo groups is 1. The lowest BCUT2D eigenvalue weighted by Crippen LogP contribution is -2.33. The molecule has 7 heteroatoms. The standard InChI is InChI=1S/C25H30N4O3/c1-6-28(7-2)21(30)16-29-20-11-9-8-10-19(20)22(24(29)32)26-27-23(31)17-12-14-18(15-13-17)25(3,4)5/h8-15,32H,6-7,16H2,1-5H3. The summed E-state index contributed by atoms with van der Waals surface area (Å²) in [4.78, 5) is 26.9. The van der Waals surface area contributed by atoms with Crippen molar-refractivity contribution in [3.63, 3.8) is 0 Å². The van der Waals surface area contributed by atoms with Crippen molar-refractivity contribution < 1.29 is 14.7 Å². The molecule has 3 rings (SSSR count). The summed E-state index contributed by atoms with van der Waals surface area (Å²) < 4.78 is 1.51. The number of hydrogen-bond acceptors (Lipinski definition) is 4. The van der Waals surface area contributed by atoms with E-state index in [4.69, 9.17) is 0 Å². The summed E-state index contributed by atoms with van der Waals surface area (Å²) in [5.41, 5.74) is 2.35. The molecule has 0 saturated heterocycles. The zero-order valence-electron chi connectivity index (χ0n) is 19.3. The second-order valence-corrected chi connectivity index (χ2v) is 8.67. The third kappa shape index (κ3) is 4.72. The first-order chi connectivity index (χ1) is 15.2. The minimum Gasteiger partial charge on any atom is -0.493 e. The van der Waals surface area contributed by atoms with Crippen LogP contribution in [0.4, 0.5) is 5.69 Å². The highest BCUT2D eigenvalue weighted by atomic mass is 16.3. The van der Waals surface area contributed by atoms with E-state index in [1.165, 1.54) is 4.57 Å². The fourth-order valence-electron chi connectivity index (χ4n) is 3.61. The van der Waals surface area contributed by atoms with Gasteiger partial charge in [-0.2, -0.15) is 0 Å². The number of carbonyl (C=O) groups excluding carboxylic acids is 2. The van der Waals surface area contributed by atoms with Crippen molar-refractivity contribution in [2.75, 3.05) is 13.1 Å². The molecule has 0 radical (unpaired) electrons. The lowest BCUT2D eigenvalue weighted by molar-refractivity contribution is -0.131. The average molecular weight is 435 g/mol. The van der Waals surface area contributed by atoms with Crippen molar-refractivity contribution in [1.29, 1.82) is 0 Å². The van der Waals surface area contributed by atoms with Crippen molar-refractivity contribution in [2.45, 2.75) is 46.6 Å². The second-order valence-electron chi connectivity index (χ2n) is 8.67. The van der Waals surface area contributed by atoms with Gasteiger partial charge in [-0.15, -0.1) is 10.2 Å². The van der Waals surface area contributed by atoms with E-state index in [0.29, 0.717) is 29.6 Å². The maximum absolute atomic E-state index is 12.6. The molecule has 0 saturated carbocycles. The normalized spacial score (nSPS) is 11.9. The van der Waals surface area contributed by atoms with Crippen LogP contribution in [0.1, 0.15) is 50.5 Å². The molecule has 0 aliphatic heterocycles. The molecular weight excluding hydrogens is 404 g/mol. The topological polar surface area (TPSA) is 87.3 Å². The second kappa shape index (κ2) is 9.34. The first-order valence-electron chi connectivity index (χ1n) is 10.8. The van der Waals surface area contributed by atoms with Gasteiger partial charge in [0.2, 0.25) is 11.8 Å². The van der Waals surface area contributed by atoms with Gasteiger partial charge in [0.25, 0.3) is 5.91 Å². The first-order valence-corrected chi connectivity index (χ1v) is 10.8. The van der Waals surface area contributed by atoms with Gasteiger partial charge in [0, 0.05) is 24.0 Å². The Morgan fingerprint density at radius 2 is 1.62 bits per heavy atom. The van der Waals surface area contributed by atoms with E-state index in [2.05, 4.69) is 31.0 Å². The summed E-state index contributed by atoms with van der Waals surface area (Å²) in [6, 6.07) is 14.5. The molecule has 0 aliphatic rings. The summed E-state index contributed by atoms with van der Waals surface area (Å²) >= 11 is 0. The van der Waals surface area contributed by atoms with Gasteiger partial charge in [0.05, 0.1) is 5.52 Å². The minimum atomic E-state index is -0.499. The Morgan fingerprint density at radius 1 is 1.00 bits per heavy atom. The van der Waals surface area contributed by atoms with Gasteiger partial charge >= 0.3 is 0 Å². The molecule has 2 aromatic carbocycles. The van der Waals surface area contributed by atoms with Gasteiger partial charge in [-0.3, -0.25) is 9.59 Å². The van der Waals surface area contributed by atoms with E-state index in [0.717, 1.165) is 5.56 Å². The van der Waals surface area contributed by atoms with E-state index in [-0.39, 0.29) is 29.4 Å². The SMILES string of the molecule is CCN(CC)C(=O)Cn1c(O)c(N=NC(=O)c2ccc(C(C)(C)C)cc2)c2ccccc21. The molecule has 1 heterocycles. The van der Waals surface area contributed by atoms with Crippen molar-refractivity contribution in [3.8, 4) is 5.88 Å². The number of hydrogen-bond donors (Lipinski definition) is 1. The van der Waals surface area contributed by atoms with Crippen molar-refractivity contribution in [1.82, 2.24) is 9.47 Å². The highest BCUT2D eigenvalue weighted by Gasteiger charge is 2.20. The Hall–Kier alpha value is -3.48. The van der Waals surface area contributed by atoms with Crippen LogP contribution >= 0.6 is 0 Å². The van der Waals surface area contributed by atoms with Crippen LogP contribution in [0.15, 0.2) is 58.8 Å². The number of rotatable bonds is 6. The molecular formula is C25H30N4O3. The maximum atomic E-state index is 12.6. The van der Waals surface area contributed by atoms with Gasteiger partial charge in [-0.05, 0) is 43.0 Å². The molecule has 7 nitrogen and oxygen atoms in total.